The van der Waals surface area contributed by atoms with Crippen LogP contribution in [0.25, 0.3) is 6.08 Å². The minimum absolute atomic E-state index is 0.673. The second-order valence-corrected chi connectivity index (χ2v) is 2.56. The Kier molecular flexibility index (Phi) is 3.64. The number of nitrogens with zero attached hydrogens (tertiary/aromatic N) is 2. The number of benzene rings is 1. The summed E-state index contributed by atoms with van der Waals surface area (Å²) in [6, 6.07) is 9.99. The normalized spacial score (nSPS) is 11.9. The van der Waals surface area contributed by atoms with Crippen LogP contribution in [0.4, 0.5) is 0 Å². The van der Waals surface area contributed by atoms with Gasteiger partial charge in [-0.15, -0.1) is 0 Å². The van der Waals surface area contributed by atoms with Gasteiger partial charge in [-0.05, 0) is 25.3 Å². The minimum Gasteiger partial charge on any atom is -0.250 e. The summed E-state index contributed by atoms with van der Waals surface area (Å²) in [5, 5.41) is 0. The lowest BCUT2D eigenvalue weighted by atomic mass is 10.2. The monoisotopic (exact) mass is 172 g/mol. The highest BCUT2D eigenvalue weighted by atomic mass is 14.9. The Labute approximate surface area is 78.4 Å². The van der Waals surface area contributed by atoms with E-state index >= 15 is 0 Å². The van der Waals surface area contributed by atoms with E-state index in [1.165, 1.54) is 0 Å². The van der Waals surface area contributed by atoms with Crippen molar-refractivity contribution in [1.29, 1.82) is 0 Å². The van der Waals surface area contributed by atoms with E-state index in [4.69, 9.17) is 0 Å². The van der Waals surface area contributed by atoms with Crippen molar-refractivity contribution in [3.63, 3.8) is 0 Å². The van der Waals surface area contributed by atoms with Gasteiger partial charge in [-0.25, -0.2) is 9.98 Å². The molecule has 0 aliphatic heterocycles. The molecule has 0 saturated carbocycles. The molecule has 0 saturated heterocycles. The van der Waals surface area contributed by atoms with E-state index in [-0.39, 0.29) is 0 Å². The molecule has 66 valence electrons. The van der Waals surface area contributed by atoms with Gasteiger partial charge in [0, 0.05) is 6.20 Å². The lowest BCUT2D eigenvalue weighted by molar-refractivity contribution is 1.48. The molecule has 0 N–H and O–H groups in total. The number of hydrogen-bond donors (Lipinski definition) is 0. The first-order valence-electron chi connectivity index (χ1n) is 4.05. The van der Waals surface area contributed by atoms with Gasteiger partial charge in [-0.2, -0.15) is 0 Å². The summed E-state index contributed by atoms with van der Waals surface area (Å²) in [7, 11) is 0. The Morgan fingerprint density at radius 2 is 2.00 bits per heavy atom. The molecule has 0 heterocycles. The van der Waals surface area contributed by atoms with Crippen molar-refractivity contribution in [3.8, 4) is 0 Å². The maximum Gasteiger partial charge on any atom is 0.124 e. The maximum atomic E-state index is 4.04. The molecule has 0 aliphatic carbocycles. The summed E-state index contributed by atoms with van der Waals surface area (Å²) in [5.41, 5.74) is 1.13. The summed E-state index contributed by atoms with van der Waals surface area (Å²) >= 11 is 0. The van der Waals surface area contributed by atoms with E-state index in [0.717, 1.165) is 5.56 Å². The largest absolute Gasteiger partial charge is 0.250 e. The van der Waals surface area contributed by atoms with Crippen LogP contribution in [0.1, 0.15) is 12.5 Å². The van der Waals surface area contributed by atoms with Gasteiger partial charge in [-0.1, -0.05) is 30.3 Å². The fourth-order valence-electron chi connectivity index (χ4n) is 0.836. The molecule has 0 bridgehead atoms. The molecular formula is C11H12N2. The highest BCUT2D eigenvalue weighted by molar-refractivity contribution is 5.84. The molecule has 1 rings (SSSR count). The fraction of sp³-hybridized carbons (Fsp3) is 0.0909. The molecule has 0 aromatic heterocycles. The van der Waals surface area contributed by atoms with Gasteiger partial charge in [0.25, 0.3) is 0 Å². The number of rotatable bonds is 2. The molecule has 0 atom stereocenters. The SMILES string of the molecule is C=NC(C)=N/C=C/c1ccccc1. The predicted octanol–water partition coefficient (Wildman–Crippen LogP) is 2.78. The summed E-state index contributed by atoms with van der Waals surface area (Å²) in [6.45, 7) is 5.18. The molecule has 0 aliphatic rings. The van der Waals surface area contributed by atoms with E-state index in [0.29, 0.717) is 5.84 Å². The van der Waals surface area contributed by atoms with Gasteiger partial charge in [0.05, 0.1) is 0 Å². The first-order chi connectivity index (χ1) is 6.33. The third-order valence-electron chi connectivity index (χ3n) is 1.56. The van der Waals surface area contributed by atoms with E-state index in [1.54, 1.807) is 6.20 Å². The zero-order valence-electron chi connectivity index (χ0n) is 7.64. The van der Waals surface area contributed by atoms with Crippen molar-refractivity contribution in [2.75, 3.05) is 0 Å². The van der Waals surface area contributed by atoms with E-state index < -0.39 is 0 Å². The van der Waals surface area contributed by atoms with Crippen LogP contribution in [-0.2, 0) is 0 Å². The second-order valence-electron chi connectivity index (χ2n) is 2.56. The lowest BCUT2D eigenvalue weighted by Gasteiger charge is -1.89. The molecule has 0 spiro atoms. The molecule has 0 radical (unpaired) electrons. The van der Waals surface area contributed by atoms with Crippen molar-refractivity contribution in [2.24, 2.45) is 9.98 Å². The highest BCUT2D eigenvalue weighted by Gasteiger charge is 1.81. The number of amidine groups is 1. The molecule has 0 amide bonds. The molecule has 2 nitrogen and oxygen atoms in total. The van der Waals surface area contributed by atoms with Gasteiger partial charge in [0.15, 0.2) is 0 Å². The molecular weight excluding hydrogens is 160 g/mol. The van der Waals surface area contributed by atoms with Gasteiger partial charge < -0.3 is 0 Å². The average molecular weight is 172 g/mol. The van der Waals surface area contributed by atoms with E-state index in [1.807, 2.05) is 43.3 Å². The Hall–Kier alpha value is -1.70. The summed E-state index contributed by atoms with van der Waals surface area (Å²) < 4.78 is 0. The van der Waals surface area contributed by atoms with Gasteiger partial charge >= 0.3 is 0 Å². The smallest absolute Gasteiger partial charge is 0.124 e. The Morgan fingerprint density at radius 3 is 2.62 bits per heavy atom. The fourth-order valence-corrected chi connectivity index (χ4v) is 0.836. The van der Waals surface area contributed by atoms with Crippen LogP contribution in [0, 0.1) is 0 Å². The van der Waals surface area contributed by atoms with Crippen LogP contribution in [0.2, 0.25) is 0 Å². The first-order valence-corrected chi connectivity index (χ1v) is 4.05. The third-order valence-corrected chi connectivity index (χ3v) is 1.56. The first kappa shape index (κ1) is 9.39. The zero-order chi connectivity index (χ0) is 9.52. The summed E-state index contributed by atoms with van der Waals surface area (Å²) in [4.78, 5) is 7.71. The topological polar surface area (TPSA) is 24.7 Å². The molecule has 0 unspecified atom stereocenters. The van der Waals surface area contributed by atoms with E-state index in [9.17, 15) is 0 Å². The quantitative estimate of drug-likeness (QED) is 0.484. The van der Waals surface area contributed by atoms with Crippen molar-refractivity contribution in [3.05, 3.63) is 42.1 Å². The Morgan fingerprint density at radius 1 is 1.31 bits per heavy atom. The van der Waals surface area contributed by atoms with Crippen LogP contribution in [-0.4, -0.2) is 12.6 Å². The van der Waals surface area contributed by atoms with Crippen LogP contribution in [0.15, 0.2) is 46.5 Å². The molecule has 1 aromatic carbocycles. The van der Waals surface area contributed by atoms with Gasteiger partial charge in [0.2, 0.25) is 0 Å². The van der Waals surface area contributed by atoms with Crippen LogP contribution >= 0.6 is 0 Å². The van der Waals surface area contributed by atoms with E-state index in [2.05, 4.69) is 16.7 Å². The van der Waals surface area contributed by atoms with Crippen molar-refractivity contribution < 1.29 is 0 Å². The maximum absolute atomic E-state index is 4.04. The van der Waals surface area contributed by atoms with Crippen molar-refractivity contribution in [1.82, 2.24) is 0 Å². The predicted molar refractivity (Wildman–Crippen MR) is 58.1 cm³/mol. The molecule has 13 heavy (non-hydrogen) atoms. The van der Waals surface area contributed by atoms with Crippen molar-refractivity contribution in [2.45, 2.75) is 6.92 Å². The minimum atomic E-state index is 0.673. The zero-order valence-corrected chi connectivity index (χ0v) is 7.64. The van der Waals surface area contributed by atoms with Crippen LogP contribution in [0.5, 0.6) is 0 Å². The molecule has 1 aromatic rings. The van der Waals surface area contributed by atoms with Gasteiger partial charge in [0.1, 0.15) is 5.84 Å². The van der Waals surface area contributed by atoms with Crippen LogP contribution < -0.4 is 0 Å². The standard InChI is InChI=1S/C11H12N2/c1-10(12-2)13-9-8-11-6-4-3-5-7-11/h3-9H,2H2,1H3/b9-8+,13-10?. The summed E-state index contributed by atoms with van der Waals surface area (Å²) in [5.74, 6) is 0.673. The lowest BCUT2D eigenvalue weighted by Crippen LogP contribution is -1.79. The third kappa shape index (κ3) is 3.47. The van der Waals surface area contributed by atoms with Gasteiger partial charge in [-0.3, -0.25) is 0 Å². The molecule has 0 fully saturated rings. The average Bonchev–Trinajstić information content (AvgIpc) is 2.19. The molecule has 2 heteroatoms. The highest BCUT2D eigenvalue weighted by Crippen LogP contribution is 2.00. The van der Waals surface area contributed by atoms with Crippen molar-refractivity contribution >= 4 is 18.6 Å². The Balaban J connectivity index is 2.65. The second kappa shape index (κ2) is 5.04. The Bertz CT molecular complexity index is 323. The van der Waals surface area contributed by atoms with Crippen LogP contribution in [0.3, 0.4) is 0 Å². The number of hydrogen-bond acceptors (Lipinski definition) is 1. The number of aliphatic imine (C=N–C) groups is 2. The summed E-state index contributed by atoms with van der Waals surface area (Å²) in [6.07, 6.45) is 3.65.